The van der Waals surface area contributed by atoms with Gasteiger partial charge in [-0.05, 0) is 106 Å². The van der Waals surface area contributed by atoms with Crippen LogP contribution in [0.25, 0.3) is 11.3 Å². The predicted octanol–water partition coefficient (Wildman–Crippen LogP) is 4.39. The van der Waals surface area contributed by atoms with Crippen molar-refractivity contribution in [3.63, 3.8) is 0 Å². The van der Waals surface area contributed by atoms with E-state index in [9.17, 15) is 24.3 Å². The van der Waals surface area contributed by atoms with Crippen LogP contribution in [0.4, 0.5) is 10.5 Å². The maximum atomic E-state index is 14.2. The van der Waals surface area contributed by atoms with Gasteiger partial charge in [-0.25, -0.2) is 9.59 Å². The third-order valence-corrected chi connectivity index (χ3v) is 11.5. The molecule has 0 radical (unpaired) electrons. The number of anilines is 1. The highest BCUT2D eigenvalue weighted by atomic mass is 79.9. The van der Waals surface area contributed by atoms with Gasteiger partial charge in [0.05, 0.1) is 14.6 Å². The lowest BCUT2D eigenvalue weighted by atomic mass is 10.0. The molecule has 14 nitrogen and oxygen atoms in total. The average Bonchev–Trinajstić information content (AvgIpc) is 3.61. The van der Waals surface area contributed by atoms with Gasteiger partial charge in [0, 0.05) is 76.0 Å². The number of nitrogens with two attached hydrogens (primary N) is 1. The molecule has 16 heteroatoms. The molecule has 55 heavy (non-hydrogen) atoms. The molecule has 4 amide bonds. The molecule has 2 aliphatic heterocycles. The summed E-state index contributed by atoms with van der Waals surface area (Å²) in [7, 11) is 0. The van der Waals surface area contributed by atoms with Gasteiger partial charge in [0.2, 0.25) is 11.8 Å². The van der Waals surface area contributed by atoms with E-state index in [1.54, 1.807) is 38.9 Å². The van der Waals surface area contributed by atoms with Crippen LogP contribution >= 0.6 is 31.9 Å². The fourth-order valence-electron chi connectivity index (χ4n) is 7.20. The number of hydrogen-bond acceptors (Lipinski definition) is 8. The largest absolute Gasteiger partial charge is 0.506 e. The van der Waals surface area contributed by atoms with E-state index < -0.39 is 24.0 Å². The number of rotatable bonds is 13. The number of unbranched alkanes of at least 4 members (excludes halogenated alkanes) is 1. The van der Waals surface area contributed by atoms with Crippen LogP contribution in [0, 0.1) is 0 Å². The fraction of sp³-hybridized carbons (Fsp3) is 0.410. The summed E-state index contributed by atoms with van der Waals surface area (Å²) in [4.78, 5) is 67.6. The van der Waals surface area contributed by atoms with E-state index >= 15 is 0 Å². The normalized spacial score (nSPS) is 16.1. The van der Waals surface area contributed by atoms with Gasteiger partial charge >= 0.3 is 11.7 Å². The Morgan fingerprint density at radius 1 is 0.891 bits per heavy atom. The Morgan fingerprint density at radius 3 is 2.22 bits per heavy atom. The Labute approximate surface area is 336 Å². The Bertz CT molecular complexity index is 1960. The number of halogens is 2. The molecule has 6 rings (SSSR count). The highest BCUT2D eigenvalue weighted by Gasteiger charge is 2.33. The van der Waals surface area contributed by atoms with Crippen molar-refractivity contribution in [2.75, 3.05) is 50.7 Å². The van der Waals surface area contributed by atoms with Crippen LogP contribution in [0.2, 0.25) is 0 Å². The Morgan fingerprint density at radius 2 is 1.56 bits per heavy atom. The average molecular weight is 882 g/mol. The summed E-state index contributed by atoms with van der Waals surface area (Å²) in [5, 5.41) is 16.3. The monoisotopic (exact) mass is 879 g/mol. The van der Waals surface area contributed by atoms with Gasteiger partial charge in [-0.2, -0.15) is 0 Å². The Balaban J connectivity index is 1.14. The molecule has 2 aromatic heterocycles. The van der Waals surface area contributed by atoms with Crippen LogP contribution in [-0.2, 0) is 16.0 Å². The molecule has 292 valence electrons. The first-order chi connectivity index (χ1) is 26.6. The van der Waals surface area contributed by atoms with E-state index in [4.69, 9.17) is 5.73 Å². The van der Waals surface area contributed by atoms with Crippen LogP contribution in [-0.4, -0.2) is 105 Å². The van der Waals surface area contributed by atoms with E-state index in [1.165, 1.54) is 0 Å². The predicted molar refractivity (Wildman–Crippen MR) is 218 cm³/mol. The molecule has 4 aromatic rings. The molecule has 2 aromatic carbocycles. The molecule has 4 heterocycles. The number of aromatic nitrogens is 3. The number of nitrogens with zero attached hydrogens (tertiary/aromatic N) is 5. The zero-order chi connectivity index (χ0) is 38.9. The number of aromatic amines is 1. The van der Waals surface area contributed by atoms with Gasteiger partial charge in [0.1, 0.15) is 17.8 Å². The number of piperidine rings is 1. The first-order valence-electron chi connectivity index (χ1n) is 18.6. The van der Waals surface area contributed by atoms with Gasteiger partial charge in [-0.1, -0.05) is 30.3 Å². The highest BCUT2D eigenvalue weighted by Crippen LogP contribution is 2.34. The minimum Gasteiger partial charge on any atom is -0.506 e. The first kappa shape index (κ1) is 40.0. The number of nitrogens with one attached hydrogen (secondary N) is 3. The third kappa shape index (κ3) is 10.2. The van der Waals surface area contributed by atoms with Crippen molar-refractivity contribution in [3.8, 4) is 17.0 Å². The van der Waals surface area contributed by atoms with Gasteiger partial charge in [0.25, 0.3) is 0 Å². The molecule has 0 unspecified atom stereocenters. The second-order valence-electron chi connectivity index (χ2n) is 13.9. The number of pyridine rings is 1. The van der Waals surface area contributed by atoms with E-state index in [1.807, 2.05) is 48.7 Å². The maximum absolute atomic E-state index is 14.2. The number of carbonyl (C=O) groups is 3. The van der Waals surface area contributed by atoms with Crippen molar-refractivity contribution in [2.45, 2.75) is 56.7 Å². The molecular formula is C39H47Br2N9O5. The van der Waals surface area contributed by atoms with Gasteiger partial charge in [0.15, 0.2) is 0 Å². The molecule has 6 N–H and O–H groups in total. The molecule has 0 aliphatic carbocycles. The summed E-state index contributed by atoms with van der Waals surface area (Å²) in [5.41, 5.74) is 8.96. The zero-order valence-electron chi connectivity index (χ0n) is 30.5. The van der Waals surface area contributed by atoms with Crippen LogP contribution in [0.15, 0.2) is 86.9 Å². The second kappa shape index (κ2) is 18.8. The summed E-state index contributed by atoms with van der Waals surface area (Å²) >= 11 is 6.74. The van der Waals surface area contributed by atoms with E-state index in [2.05, 4.69) is 57.4 Å². The van der Waals surface area contributed by atoms with Crippen molar-refractivity contribution in [1.82, 2.24) is 35.0 Å². The summed E-state index contributed by atoms with van der Waals surface area (Å²) < 4.78 is 2.57. The number of phenols is 1. The van der Waals surface area contributed by atoms with Crippen LogP contribution < -0.4 is 27.0 Å². The van der Waals surface area contributed by atoms with Crippen LogP contribution in [0.5, 0.6) is 5.75 Å². The number of phenolic OH excluding ortho intramolecular Hbond substituents is 1. The number of piperazine rings is 1. The third-order valence-electron chi connectivity index (χ3n) is 10.3. The highest BCUT2D eigenvalue weighted by molar-refractivity contribution is 9.11. The standard InChI is InChI=1S/C39H47Br2N9O5/c40-30-22-26(23-31(41)35(30)51)24-33(45-38(54)49-16-11-29(12-17-49)50-25-34(46-39(50)55)27-6-2-1-3-7-27)36(52)44-32(8-4-5-13-42)37(53)48-20-18-47(19-21-48)28-9-14-43-15-10-28/h1-3,6-7,9-10,14-15,22-23,25,29,32-33,51H,4-5,8,11-13,16-21,24,42H2,(H,44,52)(H,45,54)(H,46,55)/t32-,33+/m0/s1. The van der Waals surface area contributed by atoms with Crippen molar-refractivity contribution in [2.24, 2.45) is 5.73 Å². The number of urea groups is 1. The summed E-state index contributed by atoms with van der Waals surface area (Å²) in [6.45, 7) is 3.51. The quantitative estimate of drug-likeness (QED) is 0.123. The topological polar surface area (TPSA) is 182 Å². The van der Waals surface area contributed by atoms with Crippen molar-refractivity contribution < 1.29 is 19.5 Å². The van der Waals surface area contributed by atoms with E-state index in [0.29, 0.717) is 92.4 Å². The van der Waals surface area contributed by atoms with Gasteiger partial charge in [-0.15, -0.1) is 0 Å². The molecule has 0 spiro atoms. The number of hydrogen-bond donors (Lipinski definition) is 5. The number of H-pyrrole nitrogens is 1. The number of carbonyl (C=O) groups excluding carboxylic acids is 3. The van der Waals surface area contributed by atoms with Gasteiger partial charge < -0.3 is 41.2 Å². The first-order valence-corrected chi connectivity index (χ1v) is 20.2. The number of amides is 4. The van der Waals surface area contributed by atoms with Crippen molar-refractivity contribution in [3.05, 3.63) is 98.2 Å². The summed E-state index contributed by atoms with van der Waals surface area (Å²) in [5.74, 6) is -0.640. The molecule has 2 fully saturated rings. The number of likely N-dealkylation sites (tertiary alicyclic amines) is 1. The number of imidazole rings is 1. The molecule has 0 saturated carbocycles. The molecular weight excluding hydrogens is 834 g/mol. The summed E-state index contributed by atoms with van der Waals surface area (Å²) in [6.07, 6.45) is 8.28. The lowest BCUT2D eigenvalue weighted by molar-refractivity contribution is -0.137. The lowest BCUT2D eigenvalue weighted by Crippen LogP contribution is -2.59. The Kier molecular flexibility index (Phi) is 13.7. The van der Waals surface area contributed by atoms with E-state index in [-0.39, 0.29) is 29.8 Å². The zero-order valence-corrected chi connectivity index (χ0v) is 33.7. The number of aromatic hydroxyl groups is 1. The fourth-order valence-corrected chi connectivity index (χ4v) is 8.48. The molecule has 2 saturated heterocycles. The second-order valence-corrected chi connectivity index (χ2v) is 15.7. The molecule has 2 aliphatic rings. The maximum Gasteiger partial charge on any atom is 0.326 e. The molecule has 2 atom stereocenters. The SMILES string of the molecule is NCCCC[C@H](NC(=O)[C@@H](Cc1cc(Br)c(O)c(Br)c1)NC(=O)N1CCC(n2cc(-c3ccccc3)[nH]c2=O)CC1)C(=O)N1CCN(c2ccncc2)CC1. The van der Waals surface area contributed by atoms with Crippen molar-refractivity contribution in [1.29, 1.82) is 0 Å². The minimum absolute atomic E-state index is 0.0173. The number of benzene rings is 2. The molecule has 0 bridgehead atoms. The Hall–Kier alpha value is -4.67. The van der Waals surface area contributed by atoms with Crippen molar-refractivity contribution >= 4 is 55.4 Å². The van der Waals surface area contributed by atoms with Crippen LogP contribution in [0.1, 0.15) is 43.7 Å². The van der Waals surface area contributed by atoms with Gasteiger partial charge in [-0.3, -0.25) is 19.1 Å². The minimum atomic E-state index is -1.04. The van der Waals surface area contributed by atoms with E-state index in [0.717, 1.165) is 16.9 Å². The lowest BCUT2D eigenvalue weighted by Gasteiger charge is -2.38. The van der Waals surface area contributed by atoms with Crippen LogP contribution in [0.3, 0.4) is 0 Å². The smallest absolute Gasteiger partial charge is 0.326 e. The summed E-state index contributed by atoms with van der Waals surface area (Å²) in [6, 6.07) is 14.6.